The Kier molecular flexibility index (Phi) is 8.25. The van der Waals surface area contributed by atoms with Crippen LogP contribution in [0.1, 0.15) is 37.3 Å². The zero-order valence-electron chi connectivity index (χ0n) is 15.4. The molecule has 0 bridgehead atoms. The Labute approximate surface area is 150 Å². The summed E-state index contributed by atoms with van der Waals surface area (Å²) in [6.45, 7) is 6.57. The molecule has 1 aromatic rings. The summed E-state index contributed by atoms with van der Waals surface area (Å²) in [6.07, 6.45) is 2.60. The molecule has 0 aromatic heterocycles. The molecule has 1 aliphatic heterocycles. The van der Waals surface area contributed by atoms with Gasteiger partial charge in [0.15, 0.2) is 5.96 Å². The Morgan fingerprint density at radius 1 is 1.28 bits per heavy atom. The average molecular weight is 346 g/mol. The van der Waals surface area contributed by atoms with E-state index in [1.54, 1.807) is 7.05 Å². The predicted molar refractivity (Wildman–Crippen MR) is 100 cm³/mol. The second-order valence-corrected chi connectivity index (χ2v) is 6.09. The third-order valence-electron chi connectivity index (χ3n) is 4.28. The van der Waals surface area contributed by atoms with E-state index in [-0.39, 0.29) is 5.91 Å². The Morgan fingerprint density at radius 2 is 2.08 bits per heavy atom. The van der Waals surface area contributed by atoms with Crippen LogP contribution >= 0.6 is 0 Å². The SMILES string of the molecule is CCOCCCNC(=NC)NCc1ccccc1CN1CCCC1=O. The first-order chi connectivity index (χ1) is 12.2. The number of ether oxygens (including phenoxy) is 1. The third kappa shape index (κ3) is 6.38. The minimum absolute atomic E-state index is 0.259. The quantitative estimate of drug-likeness (QED) is 0.407. The smallest absolute Gasteiger partial charge is 0.222 e. The summed E-state index contributed by atoms with van der Waals surface area (Å²) >= 11 is 0. The number of hydrogen-bond donors (Lipinski definition) is 2. The van der Waals surface area contributed by atoms with E-state index < -0.39 is 0 Å². The van der Waals surface area contributed by atoms with Crippen molar-refractivity contribution in [3.05, 3.63) is 35.4 Å². The van der Waals surface area contributed by atoms with Gasteiger partial charge >= 0.3 is 0 Å². The van der Waals surface area contributed by atoms with Gasteiger partial charge in [-0.25, -0.2) is 0 Å². The number of guanidine groups is 1. The molecular formula is C19H30N4O2. The maximum absolute atomic E-state index is 11.9. The summed E-state index contributed by atoms with van der Waals surface area (Å²) < 4.78 is 5.33. The van der Waals surface area contributed by atoms with Gasteiger partial charge < -0.3 is 20.3 Å². The summed E-state index contributed by atoms with van der Waals surface area (Å²) in [5.41, 5.74) is 2.39. The highest BCUT2D eigenvalue weighted by Gasteiger charge is 2.20. The van der Waals surface area contributed by atoms with Gasteiger partial charge in [-0.1, -0.05) is 24.3 Å². The van der Waals surface area contributed by atoms with Crippen LogP contribution in [0.15, 0.2) is 29.3 Å². The average Bonchev–Trinajstić information content (AvgIpc) is 3.03. The van der Waals surface area contributed by atoms with E-state index in [0.29, 0.717) is 19.5 Å². The van der Waals surface area contributed by atoms with Crippen molar-refractivity contribution in [2.45, 2.75) is 39.3 Å². The van der Waals surface area contributed by atoms with Crippen LogP contribution in [0.25, 0.3) is 0 Å². The number of benzene rings is 1. The van der Waals surface area contributed by atoms with Gasteiger partial charge in [0.2, 0.25) is 5.91 Å². The molecule has 1 fully saturated rings. The predicted octanol–water partition coefficient (Wildman–Crippen LogP) is 1.90. The fraction of sp³-hybridized carbons (Fsp3) is 0.579. The van der Waals surface area contributed by atoms with E-state index in [4.69, 9.17) is 4.74 Å². The van der Waals surface area contributed by atoms with Gasteiger partial charge in [-0.3, -0.25) is 9.79 Å². The van der Waals surface area contributed by atoms with Crippen molar-refractivity contribution in [3.8, 4) is 0 Å². The van der Waals surface area contributed by atoms with Gasteiger partial charge in [0.05, 0.1) is 0 Å². The highest BCUT2D eigenvalue weighted by molar-refractivity contribution is 5.79. The Balaban J connectivity index is 1.83. The number of nitrogens with one attached hydrogen (secondary N) is 2. The van der Waals surface area contributed by atoms with Gasteiger partial charge in [0, 0.05) is 52.9 Å². The molecule has 25 heavy (non-hydrogen) atoms. The summed E-state index contributed by atoms with van der Waals surface area (Å²) in [5.74, 6) is 1.04. The molecule has 0 atom stereocenters. The van der Waals surface area contributed by atoms with Crippen LogP contribution in [0.2, 0.25) is 0 Å². The number of hydrogen-bond acceptors (Lipinski definition) is 3. The Bertz CT molecular complexity index is 574. The molecule has 0 unspecified atom stereocenters. The van der Waals surface area contributed by atoms with E-state index >= 15 is 0 Å². The normalized spacial score (nSPS) is 14.9. The van der Waals surface area contributed by atoms with Crippen LogP contribution in [0.3, 0.4) is 0 Å². The summed E-state index contributed by atoms with van der Waals surface area (Å²) in [5, 5.41) is 6.64. The minimum Gasteiger partial charge on any atom is -0.382 e. The minimum atomic E-state index is 0.259. The molecule has 2 N–H and O–H groups in total. The molecule has 0 aliphatic carbocycles. The molecule has 0 radical (unpaired) electrons. The Hall–Kier alpha value is -2.08. The lowest BCUT2D eigenvalue weighted by molar-refractivity contribution is -0.128. The van der Waals surface area contributed by atoms with Crippen molar-refractivity contribution in [1.82, 2.24) is 15.5 Å². The fourth-order valence-corrected chi connectivity index (χ4v) is 2.89. The third-order valence-corrected chi connectivity index (χ3v) is 4.28. The van der Waals surface area contributed by atoms with E-state index in [2.05, 4.69) is 27.8 Å². The molecule has 6 heteroatoms. The number of likely N-dealkylation sites (tertiary alicyclic amines) is 1. The van der Waals surface area contributed by atoms with Crippen LogP contribution in [-0.4, -0.2) is 50.1 Å². The molecular weight excluding hydrogens is 316 g/mol. The van der Waals surface area contributed by atoms with Gasteiger partial charge in [-0.2, -0.15) is 0 Å². The maximum atomic E-state index is 11.9. The lowest BCUT2D eigenvalue weighted by atomic mass is 10.1. The lowest BCUT2D eigenvalue weighted by Crippen LogP contribution is -2.38. The second-order valence-electron chi connectivity index (χ2n) is 6.09. The van der Waals surface area contributed by atoms with Crippen LogP contribution in [0, 0.1) is 0 Å². The van der Waals surface area contributed by atoms with Gasteiger partial charge in [0.1, 0.15) is 0 Å². The van der Waals surface area contributed by atoms with Crippen molar-refractivity contribution in [1.29, 1.82) is 0 Å². The summed E-state index contributed by atoms with van der Waals surface area (Å²) in [6, 6.07) is 8.26. The summed E-state index contributed by atoms with van der Waals surface area (Å²) in [4.78, 5) is 18.1. The first kappa shape index (κ1) is 19.2. The van der Waals surface area contributed by atoms with E-state index in [9.17, 15) is 4.79 Å². The molecule has 1 aromatic carbocycles. The van der Waals surface area contributed by atoms with Crippen molar-refractivity contribution < 1.29 is 9.53 Å². The number of aliphatic imine (C=N–C) groups is 1. The molecule has 138 valence electrons. The lowest BCUT2D eigenvalue weighted by Gasteiger charge is -2.19. The first-order valence-electron chi connectivity index (χ1n) is 9.11. The van der Waals surface area contributed by atoms with Crippen molar-refractivity contribution in [2.24, 2.45) is 4.99 Å². The van der Waals surface area contributed by atoms with Crippen molar-refractivity contribution in [2.75, 3.05) is 33.4 Å². The fourth-order valence-electron chi connectivity index (χ4n) is 2.89. The number of amides is 1. The van der Waals surface area contributed by atoms with E-state index in [1.807, 2.05) is 24.0 Å². The number of carbonyl (C=O) groups excluding carboxylic acids is 1. The molecule has 1 aliphatic rings. The second kappa shape index (κ2) is 10.7. The van der Waals surface area contributed by atoms with E-state index in [0.717, 1.165) is 45.1 Å². The maximum Gasteiger partial charge on any atom is 0.222 e. The van der Waals surface area contributed by atoms with Crippen molar-refractivity contribution >= 4 is 11.9 Å². The zero-order valence-corrected chi connectivity index (χ0v) is 15.4. The van der Waals surface area contributed by atoms with Crippen molar-refractivity contribution in [3.63, 3.8) is 0 Å². The molecule has 1 saturated heterocycles. The van der Waals surface area contributed by atoms with Crippen LogP contribution in [0.5, 0.6) is 0 Å². The van der Waals surface area contributed by atoms with Crippen LogP contribution in [0.4, 0.5) is 0 Å². The number of nitrogens with zero attached hydrogens (tertiary/aromatic N) is 2. The number of carbonyl (C=O) groups is 1. The Morgan fingerprint density at radius 3 is 2.76 bits per heavy atom. The molecule has 1 heterocycles. The summed E-state index contributed by atoms with van der Waals surface area (Å²) in [7, 11) is 1.77. The first-order valence-corrected chi connectivity index (χ1v) is 9.11. The van der Waals surface area contributed by atoms with Crippen LogP contribution < -0.4 is 10.6 Å². The standard InChI is InChI=1S/C19H30N4O2/c1-3-25-13-7-11-21-19(20-2)22-14-16-8-4-5-9-17(16)15-23-12-6-10-18(23)24/h4-5,8-9H,3,6-7,10-15H2,1-2H3,(H2,20,21,22). The molecule has 2 rings (SSSR count). The largest absolute Gasteiger partial charge is 0.382 e. The highest BCUT2D eigenvalue weighted by atomic mass is 16.5. The molecule has 0 saturated carbocycles. The molecule has 0 spiro atoms. The van der Waals surface area contributed by atoms with Crippen LogP contribution in [-0.2, 0) is 22.6 Å². The van der Waals surface area contributed by atoms with Gasteiger partial charge in [-0.15, -0.1) is 0 Å². The van der Waals surface area contributed by atoms with Gasteiger partial charge in [-0.05, 0) is 30.9 Å². The topological polar surface area (TPSA) is 66.0 Å². The van der Waals surface area contributed by atoms with E-state index in [1.165, 1.54) is 11.1 Å². The molecule has 6 nitrogen and oxygen atoms in total. The van der Waals surface area contributed by atoms with Gasteiger partial charge in [0.25, 0.3) is 0 Å². The number of rotatable bonds is 9. The highest BCUT2D eigenvalue weighted by Crippen LogP contribution is 2.17. The molecule has 1 amide bonds. The zero-order chi connectivity index (χ0) is 17.9. The monoisotopic (exact) mass is 346 g/mol.